The van der Waals surface area contributed by atoms with E-state index < -0.39 is 0 Å². The first-order chi connectivity index (χ1) is 12.9. The predicted molar refractivity (Wildman–Crippen MR) is 112 cm³/mol. The quantitative estimate of drug-likeness (QED) is 0.581. The van der Waals surface area contributed by atoms with E-state index in [9.17, 15) is 9.18 Å². The van der Waals surface area contributed by atoms with Crippen molar-refractivity contribution in [3.63, 3.8) is 0 Å². The Balaban J connectivity index is 1.60. The molecular weight excluding hydrogens is 381 g/mol. The van der Waals surface area contributed by atoms with E-state index in [4.69, 9.17) is 0 Å². The van der Waals surface area contributed by atoms with Crippen LogP contribution in [0.2, 0.25) is 0 Å². The van der Waals surface area contributed by atoms with Crippen molar-refractivity contribution in [3.05, 3.63) is 59.7 Å². The SMILES string of the molecule is CC(Sc1nc(-c2ccc(F)cc2)cs1)C(=O)Nc1ccc(N(C)C)cc1. The first-order valence-electron chi connectivity index (χ1n) is 8.39. The highest BCUT2D eigenvalue weighted by atomic mass is 32.2. The highest BCUT2D eigenvalue weighted by molar-refractivity contribution is 8.02. The smallest absolute Gasteiger partial charge is 0.237 e. The van der Waals surface area contributed by atoms with E-state index in [-0.39, 0.29) is 17.0 Å². The monoisotopic (exact) mass is 401 g/mol. The largest absolute Gasteiger partial charge is 0.378 e. The molecule has 1 amide bonds. The van der Waals surface area contributed by atoms with Gasteiger partial charge in [-0.3, -0.25) is 4.79 Å². The molecule has 0 aliphatic carbocycles. The molecule has 0 bridgehead atoms. The maximum absolute atomic E-state index is 13.0. The summed E-state index contributed by atoms with van der Waals surface area (Å²) in [5, 5.41) is 4.56. The number of benzene rings is 2. The third-order valence-electron chi connectivity index (χ3n) is 3.92. The van der Waals surface area contributed by atoms with Crippen LogP contribution in [0.4, 0.5) is 15.8 Å². The van der Waals surface area contributed by atoms with Gasteiger partial charge in [0, 0.05) is 36.4 Å². The molecule has 0 saturated carbocycles. The molecule has 0 saturated heterocycles. The molecule has 1 unspecified atom stereocenters. The number of amides is 1. The Labute approximate surface area is 166 Å². The molecule has 1 aromatic heterocycles. The van der Waals surface area contributed by atoms with Crippen molar-refractivity contribution in [3.8, 4) is 11.3 Å². The lowest BCUT2D eigenvalue weighted by molar-refractivity contribution is -0.115. The van der Waals surface area contributed by atoms with E-state index in [1.54, 1.807) is 12.1 Å². The van der Waals surface area contributed by atoms with Crippen molar-refractivity contribution >= 4 is 40.4 Å². The maximum atomic E-state index is 13.0. The minimum Gasteiger partial charge on any atom is -0.378 e. The third-order valence-corrected chi connectivity index (χ3v) is 5.99. The van der Waals surface area contributed by atoms with E-state index in [1.165, 1.54) is 35.2 Å². The van der Waals surface area contributed by atoms with E-state index in [2.05, 4.69) is 10.3 Å². The molecule has 0 aliphatic rings. The first kappa shape index (κ1) is 19.4. The summed E-state index contributed by atoms with van der Waals surface area (Å²) in [6, 6.07) is 13.9. The fourth-order valence-electron chi connectivity index (χ4n) is 2.36. The van der Waals surface area contributed by atoms with Gasteiger partial charge in [-0.25, -0.2) is 9.37 Å². The number of thiazole rings is 1. The van der Waals surface area contributed by atoms with Gasteiger partial charge in [-0.1, -0.05) is 11.8 Å². The number of hydrogen-bond acceptors (Lipinski definition) is 5. The minimum absolute atomic E-state index is 0.0730. The van der Waals surface area contributed by atoms with Gasteiger partial charge in [0.1, 0.15) is 5.82 Å². The van der Waals surface area contributed by atoms with Crippen LogP contribution in [0.25, 0.3) is 11.3 Å². The predicted octanol–water partition coefficient (Wildman–Crippen LogP) is 5.13. The zero-order valence-electron chi connectivity index (χ0n) is 15.3. The van der Waals surface area contributed by atoms with Crippen LogP contribution < -0.4 is 10.2 Å². The summed E-state index contributed by atoms with van der Waals surface area (Å²) in [6.45, 7) is 1.85. The number of carbonyl (C=O) groups excluding carboxylic acids is 1. The van der Waals surface area contributed by atoms with Gasteiger partial charge in [0.15, 0.2) is 4.34 Å². The van der Waals surface area contributed by atoms with Crippen LogP contribution in [-0.4, -0.2) is 30.2 Å². The molecular formula is C20H20FN3OS2. The molecule has 0 aliphatic heterocycles. The van der Waals surface area contributed by atoms with E-state index in [0.717, 1.165) is 27.0 Å². The average Bonchev–Trinajstić information content (AvgIpc) is 3.11. The molecule has 1 heterocycles. The summed E-state index contributed by atoms with van der Waals surface area (Å²) >= 11 is 2.89. The lowest BCUT2D eigenvalue weighted by atomic mass is 10.2. The van der Waals surface area contributed by atoms with Gasteiger partial charge in [0.25, 0.3) is 0 Å². The molecule has 0 radical (unpaired) electrons. The Hall–Kier alpha value is -2.38. The lowest BCUT2D eigenvalue weighted by Crippen LogP contribution is -2.22. The van der Waals surface area contributed by atoms with Crippen molar-refractivity contribution in [1.29, 1.82) is 0 Å². The van der Waals surface area contributed by atoms with Gasteiger partial charge in [0.2, 0.25) is 5.91 Å². The van der Waals surface area contributed by atoms with Gasteiger partial charge in [0.05, 0.1) is 10.9 Å². The van der Waals surface area contributed by atoms with E-state index >= 15 is 0 Å². The Morgan fingerprint density at radius 3 is 2.44 bits per heavy atom. The summed E-state index contributed by atoms with van der Waals surface area (Å²) < 4.78 is 13.8. The molecule has 1 atom stereocenters. The van der Waals surface area contributed by atoms with Crippen LogP contribution in [0.15, 0.2) is 58.3 Å². The minimum atomic E-state index is -0.286. The first-order valence-corrected chi connectivity index (χ1v) is 10.1. The molecule has 27 heavy (non-hydrogen) atoms. The topological polar surface area (TPSA) is 45.2 Å². The van der Waals surface area contributed by atoms with Crippen LogP contribution in [-0.2, 0) is 4.79 Å². The summed E-state index contributed by atoms with van der Waals surface area (Å²) in [5.74, 6) is -0.344. The number of nitrogens with zero attached hydrogens (tertiary/aromatic N) is 2. The summed E-state index contributed by atoms with van der Waals surface area (Å²) in [4.78, 5) is 19.0. The molecule has 140 valence electrons. The highest BCUT2D eigenvalue weighted by Crippen LogP contribution is 2.31. The Morgan fingerprint density at radius 2 is 1.81 bits per heavy atom. The molecule has 4 nitrogen and oxygen atoms in total. The number of nitrogens with one attached hydrogen (secondary N) is 1. The second kappa shape index (κ2) is 8.54. The van der Waals surface area contributed by atoms with Crippen LogP contribution in [0.1, 0.15) is 6.92 Å². The average molecular weight is 402 g/mol. The highest BCUT2D eigenvalue weighted by Gasteiger charge is 2.17. The third kappa shape index (κ3) is 5.08. The molecule has 7 heteroatoms. The number of hydrogen-bond donors (Lipinski definition) is 1. The van der Waals surface area contributed by atoms with Crippen LogP contribution >= 0.6 is 23.1 Å². The number of rotatable bonds is 6. The Bertz CT molecular complexity index is 908. The van der Waals surface area contributed by atoms with Gasteiger partial charge in [-0.05, 0) is 55.5 Å². The maximum Gasteiger partial charge on any atom is 0.237 e. The van der Waals surface area contributed by atoms with Crippen LogP contribution in [0.5, 0.6) is 0 Å². The number of thioether (sulfide) groups is 1. The number of carbonyl (C=O) groups is 1. The number of anilines is 2. The van der Waals surface area contributed by atoms with Gasteiger partial charge >= 0.3 is 0 Å². The normalized spacial score (nSPS) is 11.9. The van der Waals surface area contributed by atoms with Crippen LogP contribution in [0.3, 0.4) is 0 Å². The van der Waals surface area contributed by atoms with Crippen molar-refractivity contribution in [2.75, 3.05) is 24.3 Å². The van der Waals surface area contributed by atoms with Gasteiger partial charge < -0.3 is 10.2 Å². The molecule has 1 N–H and O–H groups in total. The fourth-order valence-corrected chi connectivity index (χ4v) is 4.33. The zero-order chi connectivity index (χ0) is 19.4. The number of halogens is 1. The summed E-state index contributed by atoms with van der Waals surface area (Å²) in [7, 11) is 3.95. The summed E-state index contributed by atoms with van der Waals surface area (Å²) in [6.07, 6.45) is 0. The molecule has 0 fully saturated rings. The molecule has 3 rings (SSSR count). The van der Waals surface area contributed by atoms with E-state index in [0.29, 0.717) is 0 Å². The second-order valence-corrected chi connectivity index (χ2v) is 8.64. The molecule has 2 aromatic carbocycles. The van der Waals surface area contributed by atoms with Crippen molar-refractivity contribution in [2.45, 2.75) is 16.5 Å². The Kier molecular flexibility index (Phi) is 6.13. The van der Waals surface area contributed by atoms with Crippen LogP contribution in [0, 0.1) is 5.82 Å². The standard InChI is InChI=1S/C20H20FN3OS2/c1-13(19(25)22-16-8-10-17(11-9-16)24(2)3)27-20-23-18(12-26-20)14-4-6-15(21)7-5-14/h4-13H,1-3H3,(H,22,25). The van der Waals surface area contributed by atoms with Crippen molar-refractivity contribution in [1.82, 2.24) is 4.98 Å². The fraction of sp³-hybridized carbons (Fsp3) is 0.200. The molecule has 3 aromatic rings. The van der Waals surface area contributed by atoms with Crippen molar-refractivity contribution < 1.29 is 9.18 Å². The van der Waals surface area contributed by atoms with E-state index in [1.807, 2.05) is 55.6 Å². The molecule has 0 spiro atoms. The van der Waals surface area contributed by atoms with Crippen molar-refractivity contribution in [2.24, 2.45) is 0 Å². The Morgan fingerprint density at radius 1 is 1.15 bits per heavy atom. The lowest BCUT2D eigenvalue weighted by Gasteiger charge is -2.14. The van der Waals surface area contributed by atoms with Gasteiger partial charge in [-0.15, -0.1) is 11.3 Å². The van der Waals surface area contributed by atoms with Gasteiger partial charge in [-0.2, -0.15) is 0 Å². The second-order valence-electron chi connectivity index (χ2n) is 6.20. The summed E-state index contributed by atoms with van der Waals surface area (Å²) in [5.41, 5.74) is 3.49. The zero-order valence-corrected chi connectivity index (χ0v) is 16.9. The number of aromatic nitrogens is 1.